The molecule has 0 radical (unpaired) electrons. The molecule has 1 aromatic heterocycles. The van der Waals surface area contributed by atoms with Crippen molar-refractivity contribution >= 4 is 41.4 Å². The summed E-state index contributed by atoms with van der Waals surface area (Å²) >= 11 is 1.71. The van der Waals surface area contributed by atoms with Gasteiger partial charge in [-0.1, -0.05) is 20.7 Å². The molecular formula is C21H23N4OPS. The van der Waals surface area contributed by atoms with Crippen LogP contribution in [-0.2, 0) is 4.79 Å². The lowest BCUT2D eigenvalue weighted by Crippen LogP contribution is -2.38. The zero-order chi connectivity index (χ0) is 19.1. The molecule has 5 rings (SSSR count). The van der Waals surface area contributed by atoms with Gasteiger partial charge >= 0.3 is 0 Å². The van der Waals surface area contributed by atoms with Crippen LogP contribution in [0.2, 0.25) is 0 Å². The van der Waals surface area contributed by atoms with E-state index in [1.807, 2.05) is 24.1 Å². The normalized spacial score (nSPS) is 23.6. The lowest BCUT2D eigenvalue weighted by atomic mass is 10.1. The van der Waals surface area contributed by atoms with Crippen molar-refractivity contribution in [2.24, 2.45) is 0 Å². The monoisotopic (exact) mass is 410 g/mol. The summed E-state index contributed by atoms with van der Waals surface area (Å²) in [5.74, 6) is 0.192. The predicted octanol–water partition coefficient (Wildman–Crippen LogP) is 3.50. The molecule has 2 aromatic rings. The van der Waals surface area contributed by atoms with Crippen LogP contribution in [0.3, 0.4) is 0 Å². The predicted molar refractivity (Wildman–Crippen MR) is 118 cm³/mol. The van der Waals surface area contributed by atoms with Crippen LogP contribution in [0.4, 0.5) is 0 Å². The van der Waals surface area contributed by atoms with Crippen molar-refractivity contribution in [3.63, 3.8) is 0 Å². The molecule has 5 nitrogen and oxygen atoms in total. The average Bonchev–Trinajstić information content (AvgIpc) is 2.89. The molecule has 144 valence electrons. The summed E-state index contributed by atoms with van der Waals surface area (Å²) in [6.07, 6.45) is 9.39. The maximum Gasteiger partial charge on any atom is 0.252 e. The summed E-state index contributed by atoms with van der Waals surface area (Å²) in [5.41, 5.74) is 3.29. The van der Waals surface area contributed by atoms with Gasteiger partial charge in [0.15, 0.2) is 0 Å². The van der Waals surface area contributed by atoms with Gasteiger partial charge in [-0.25, -0.2) is 4.98 Å². The molecular weight excluding hydrogens is 387 g/mol. The third-order valence-electron chi connectivity index (χ3n) is 5.36. The zero-order valence-corrected chi connectivity index (χ0v) is 17.6. The van der Waals surface area contributed by atoms with E-state index in [4.69, 9.17) is 0 Å². The highest BCUT2D eigenvalue weighted by atomic mass is 32.1. The SMILES string of the molecule is Cc1nc2cc(C3=CC(=O)N4C=C(N5CCCNCC5)C=CC4P3)ccc2s1. The molecule has 1 saturated heterocycles. The first kappa shape index (κ1) is 18.0. The number of carbonyl (C=O) groups excluding carboxylic acids is 1. The molecule has 0 aliphatic carbocycles. The number of carbonyl (C=O) groups is 1. The molecule has 0 saturated carbocycles. The Morgan fingerprint density at radius 1 is 1.29 bits per heavy atom. The number of allylic oxidation sites excluding steroid dienone is 1. The number of thiazole rings is 1. The average molecular weight is 410 g/mol. The lowest BCUT2D eigenvalue weighted by Gasteiger charge is -2.36. The second-order valence-electron chi connectivity index (χ2n) is 7.31. The van der Waals surface area contributed by atoms with Gasteiger partial charge in [0, 0.05) is 31.9 Å². The van der Waals surface area contributed by atoms with Crippen molar-refractivity contribution in [3.05, 3.63) is 58.9 Å². The summed E-state index contributed by atoms with van der Waals surface area (Å²) < 4.78 is 1.20. The van der Waals surface area contributed by atoms with E-state index in [1.54, 1.807) is 11.3 Å². The Labute approximate surface area is 170 Å². The fourth-order valence-electron chi connectivity index (χ4n) is 3.93. The van der Waals surface area contributed by atoms with Gasteiger partial charge in [-0.05, 0) is 49.0 Å². The highest BCUT2D eigenvalue weighted by molar-refractivity contribution is 7.51. The van der Waals surface area contributed by atoms with Crippen LogP contribution in [-0.4, -0.2) is 52.7 Å². The Hall–Kier alpha value is -2.01. The van der Waals surface area contributed by atoms with E-state index in [9.17, 15) is 4.79 Å². The first-order valence-corrected chi connectivity index (χ1v) is 11.6. The fraction of sp³-hybridized carbons (Fsp3) is 0.333. The molecule has 2 unspecified atom stereocenters. The summed E-state index contributed by atoms with van der Waals surface area (Å²) in [5, 5.41) is 5.63. The molecule has 3 aliphatic rings. The van der Waals surface area contributed by atoms with E-state index >= 15 is 0 Å². The van der Waals surface area contributed by atoms with Crippen molar-refractivity contribution in [3.8, 4) is 0 Å². The van der Waals surface area contributed by atoms with Gasteiger partial charge in [-0.15, -0.1) is 11.3 Å². The second-order valence-corrected chi connectivity index (χ2v) is 9.97. The standard InChI is InChI=1S/C21H23N4OPS/c1-14-23-17-11-15(3-5-19(17)28-14)18-12-20(26)25-13-16(4-6-21(25)27-18)24-9-2-7-22-8-10-24/h3-6,11-13,21-22,27H,2,7-10H2,1H3. The van der Waals surface area contributed by atoms with Crippen LogP contribution in [0.1, 0.15) is 17.0 Å². The molecule has 1 amide bonds. The van der Waals surface area contributed by atoms with Gasteiger partial charge in [0.2, 0.25) is 0 Å². The van der Waals surface area contributed by atoms with Gasteiger partial charge < -0.3 is 15.1 Å². The minimum Gasteiger partial charge on any atom is -0.369 e. The largest absolute Gasteiger partial charge is 0.369 e. The van der Waals surface area contributed by atoms with Crippen molar-refractivity contribution in [2.45, 2.75) is 19.1 Å². The number of fused-ring (bicyclic) bond motifs is 2. The third-order valence-corrected chi connectivity index (χ3v) is 7.82. The fourth-order valence-corrected chi connectivity index (χ4v) is 6.12. The van der Waals surface area contributed by atoms with Gasteiger partial charge in [0.05, 0.1) is 26.7 Å². The minimum absolute atomic E-state index is 0.0723. The number of hydrogen-bond acceptors (Lipinski definition) is 5. The quantitative estimate of drug-likeness (QED) is 0.770. The van der Waals surface area contributed by atoms with Crippen LogP contribution in [0, 0.1) is 6.92 Å². The van der Waals surface area contributed by atoms with E-state index in [1.165, 1.54) is 4.70 Å². The Morgan fingerprint density at radius 3 is 3.14 bits per heavy atom. The highest BCUT2D eigenvalue weighted by Crippen LogP contribution is 2.45. The maximum absolute atomic E-state index is 12.9. The van der Waals surface area contributed by atoms with Crippen LogP contribution in [0.25, 0.3) is 15.5 Å². The molecule has 28 heavy (non-hydrogen) atoms. The Bertz CT molecular complexity index is 1020. The number of amides is 1. The molecule has 1 aromatic carbocycles. The highest BCUT2D eigenvalue weighted by Gasteiger charge is 2.29. The maximum atomic E-state index is 12.9. The topological polar surface area (TPSA) is 48.5 Å². The summed E-state index contributed by atoms with van der Waals surface area (Å²) in [6, 6.07) is 6.37. The van der Waals surface area contributed by atoms with Crippen molar-refractivity contribution in [2.75, 3.05) is 26.2 Å². The number of rotatable bonds is 2. The van der Waals surface area contributed by atoms with Crippen molar-refractivity contribution in [1.29, 1.82) is 0 Å². The summed E-state index contributed by atoms with van der Waals surface area (Å²) in [7, 11) is 0.541. The summed E-state index contributed by atoms with van der Waals surface area (Å²) in [4.78, 5) is 21.8. The first-order valence-electron chi connectivity index (χ1n) is 9.71. The minimum atomic E-state index is 0.0723. The molecule has 1 fully saturated rings. The Kier molecular flexibility index (Phi) is 4.79. The van der Waals surface area contributed by atoms with Crippen molar-refractivity contribution in [1.82, 2.24) is 20.1 Å². The van der Waals surface area contributed by atoms with Crippen LogP contribution in [0.5, 0.6) is 0 Å². The van der Waals surface area contributed by atoms with E-state index in [0.717, 1.165) is 59.7 Å². The molecule has 3 aliphatic heterocycles. The van der Waals surface area contributed by atoms with E-state index in [0.29, 0.717) is 8.58 Å². The molecule has 2 atom stereocenters. The number of benzene rings is 1. The molecule has 0 spiro atoms. The van der Waals surface area contributed by atoms with Crippen LogP contribution >= 0.6 is 19.9 Å². The number of nitrogens with zero attached hydrogens (tertiary/aromatic N) is 3. The summed E-state index contributed by atoms with van der Waals surface area (Å²) in [6.45, 7) is 6.11. The smallest absolute Gasteiger partial charge is 0.252 e. The first-order chi connectivity index (χ1) is 13.7. The van der Waals surface area contributed by atoms with E-state index in [-0.39, 0.29) is 11.7 Å². The second kappa shape index (κ2) is 7.43. The molecule has 4 heterocycles. The van der Waals surface area contributed by atoms with Gasteiger partial charge in [0.1, 0.15) is 0 Å². The van der Waals surface area contributed by atoms with Gasteiger partial charge in [0.25, 0.3) is 5.91 Å². The third kappa shape index (κ3) is 3.41. The van der Waals surface area contributed by atoms with E-state index < -0.39 is 0 Å². The molecule has 7 heteroatoms. The number of nitrogens with one attached hydrogen (secondary N) is 1. The number of aromatic nitrogens is 1. The zero-order valence-electron chi connectivity index (χ0n) is 15.8. The van der Waals surface area contributed by atoms with E-state index in [2.05, 4.69) is 45.6 Å². The number of aryl methyl sites for hydroxylation is 1. The lowest BCUT2D eigenvalue weighted by molar-refractivity contribution is -0.123. The molecule has 0 bridgehead atoms. The number of hydrogen-bond donors (Lipinski definition) is 1. The Morgan fingerprint density at radius 2 is 2.21 bits per heavy atom. The van der Waals surface area contributed by atoms with Crippen molar-refractivity contribution < 1.29 is 4.79 Å². The molecule has 1 N–H and O–H groups in total. The van der Waals surface area contributed by atoms with Crippen LogP contribution in [0.15, 0.2) is 48.3 Å². The van der Waals surface area contributed by atoms with Crippen LogP contribution < -0.4 is 5.32 Å². The Balaban J connectivity index is 1.41. The van der Waals surface area contributed by atoms with Gasteiger partial charge in [-0.2, -0.15) is 0 Å². The van der Waals surface area contributed by atoms with Gasteiger partial charge in [-0.3, -0.25) is 4.79 Å².